The number of hydrogen-bond donors (Lipinski definition) is 3. The van der Waals surface area contributed by atoms with Gasteiger partial charge in [0, 0.05) is 29.6 Å². The van der Waals surface area contributed by atoms with Gasteiger partial charge in [-0.1, -0.05) is 11.6 Å². The fraction of sp³-hybridized carbons (Fsp3) is 0.0625. The number of benzene rings is 1. The number of aromatic amines is 1. The lowest BCUT2D eigenvalue weighted by Gasteiger charge is -2.09. The van der Waals surface area contributed by atoms with Crippen molar-refractivity contribution in [3.05, 3.63) is 71.1 Å². The van der Waals surface area contributed by atoms with Gasteiger partial charge in [-0.3, -0.25) is 19.6 Å². The Morgan fingerprint density at radius 1 is 1.12 bits per heavy atom. The van der Waals surface area contributed by atoms with Crippen LogP contribution in [-0.4, -0.2) is 29.5 Å². The van der Waals surface area contributed by atoms with E-state index in [2.05, 4.69) is 25.2 Å². The van der Waals surface area contributed by atoms with Gasteiger partial charge in [-0.2, -0.15) is 13.5 Å². The predicted molar refractivity (Wildman–Crippen MR) is 96.3 cm³/mol. The van der Waals surface area contributed by atoms with E-state index in [0.29, 0.717) is 10.7 Å². The Kier molecular flexibility index (Phi) is 5.19. The number of pyridine rings is 1. The van der Waals surface area contributed by atoms with Gasteiger partial charge in [0.05, 0.1) is 11.8 Å². The molecule has 0 aliphatic heterocycles. The van der Waals surface area contributed by atoms with Gasteiger partial charge >= 0.3 is 0 Å². The van der Waals surface area contributed by atoms with E-state index in [4.69, 9.17) is 11.6 Å². The number of nitrogens with zero attached hydrogens (tertiary/aromatic N) is 2. The smallest absolute Gasteiger partial charge is 0.279 e. The Morgan fingerprint density at radius 2 is 1.81 bits per heavy atom. The van der Waals surface area contributed by atoms with Gasteiger partial charge in [0.2, 0.25) is 0 Å². The lowest BCUT2D eigenvalue weighted by Crippen LogP contribution is -2.25. The third-order valence-electron chi connectivity index (χ3n) is 3.42. The minimum absolute atomic E-state index is 0.0829. The summed E-state index contributed by atoms with van der Waals surface area (Å²) in [5, 5.41) is 8.85. The molecule has 1 aromatic carbocycles. The van der Waals surface area contributed by atoms with Crippen molar-refractivity contribution < 1.29 is 13.2 Å². The maximum Gasteiger partial charge on any atom is 0.279 e. The average molecular weight is 392 g/mol. The molecule has 26 heavy (non-hydrogen) atoms. The van der Waals surface area contributed by atoms with Crippen LogP contribution in [0.15, 0.2) is 60.0 Å². The first-order chi connectivity index (χ1) is 12.5. The number of amides is 1. The maximum absolute atomic E-state index is 12.5. The molecular formula is C16H14ClN5O3S. The van der Waals surface area contributed by atoms with Crippen LogP contribution >= 0.6 is 11.6 Å². The lowest BCUT2D eigenvalue weighted by molar-refractivity contribution is 0.0947. The summed E-state index contributed by atoms with van der Waals surface area (Å²) in [6, 6.07) is 9.62. The number of halogens is 1. The standard InChI is InChI=1S/C16H14ClN5O3S/c17-12-1-3-13(4-2-12)22-26(24,25)16-14(10-20-21-16)15(23)19-9-11-5-7-18-8-6-11/h1-8,10,22H,9H2,(H,19,23)(H,20,21). The van der Waals surface area contributed by atoms with E-state index in [1.54, 1.807) is 36.7 Å². The van der Waals surface area contributed by atoms with E-state index in [1.807, 2.05) is 0 Å². The molecule has 2 heterocycles. The summed E-state index contributed by atoms with van der Waals surface area (Å²) >= 11 is 5.78. The second-order valence-electron chi connectivity index (χ2n) is 5.26. The number of hydrogen-bond acceptors (Lipinski definition) is 5. The highest BCUT2D eigenvalue weighted by molar-refractivity contribution is 7.92. The topological polar surface area (TPSA) is 117 Å². The Bertz CT molecular complexity index is 1000. The van der Waals surface area contributed by atoms with Crippen LogP contribution in [-0.2, 0) is 16.6 Å². The number of sulfonamides is 1. The Hall–Kier alpha value is -2.91. The Balaban J connectivity index is 1.76. The zero-order valence-corrected chi connectivity index (χ0v) is 14.9. The number of carbonyl (C=O) groups excluding carboxylic acids is 1. The first kappa shape index (κ1) is 17.9. The zero-order chi connectivity index (χ0) is 18.6. The van der Waals surface area contributed by atoms with Crippen molar-refractivity contribution in [2.75, 3.05) is 4.72 Å². The van der Waals surface area contributed by atoms with E-state index >= 15 is 0 Å². The number of nitrogens with one attached hydrogen (secondary N) is 3. The van der Waals surface area contributed by atoms with E-state index in [1.165, 1.54) is 12.1 Å². The molecule has 0 atom stereocenters. The second-order valence-corrected chi connectivity index (χ2v) is 7.32. The van der Waals surface area contributed by atoms with E-state index in [9.17, 15) is 13.2 Å². The summed E-state index contributed by atoms with van der Waals surface area (Å²) in [7, 11) is -4.02. The normalized spacial score (nSPS) is 11.1. The first-order valence-corrected chi connectivity index (χ1v) is 9.31. The van der Waals surface area contributed by atoms with E-state index in [0.717, 1.165) is 11.8 Å². The summed E-state index contributed by atoms with van der Waals surface area (Å²) in [5.41, 5.74) is 1.06. The van der Waals surface area contributed by atoms with Crippen LogP contribution in [0.25, 0.3) is 0 Å². The highest BCUT2D eigenvalue weighted by Gasteiger charge is 2.25. The van der Waals surface area contributed by atoms with Gasteiger partial charge in [-0.05, 0) is 42.0 Å². The summed E-state index contributed by atoms with van der Waals surface area (Å²) in [4.78, 5) is 16.2. The summed E-state index contributed by atoms with van der Waals surface area (Å²) < 4.78 is 27.5. The molecule has 1 amide bonds. The second kappa shape index (κ2) is 7.54. The van der Waals surface area contributed by atoms with E-state index < -0.39 is 15.9 Å². The molecule has 10 heteroatoms. The molecule has 0 spiro atoms. The van der Waals surface area contributed by atoms with Crippen molar-refractivity contribution in [2.24, 2.45) is 0 Å². The Morgan fingerprint density at radius 3 is 2.50 bits per heavy atom. The van der Waals surface area contributed by atoms with Gasteiger partial charge in [-0.15, -0.1) is 0 Å². The lowest BCUT2D eigenvalue weighted by atomic mass is 10.2. The molecule has 0 saturated heterocycles. The number of H-pyrrole nitrogens is 1. The quantitative estimate of drug-likeness (QED) is 0.595. The van der Waals surface area contributed by atoms with E-state index in [-0.39, 0.29) is 17.1 Å². The molecule has 0 bridgehead atoms. The van der Waals surface area contributed by atoms with Crippen molar-refractivity contribution >= 4 is 33.2 Å². The van der Waals surface area contributed by atoms with Gasteiger partial charge in [0.15, 0.2) is 5.03 Å². The third kappa shape index (κ3) is 4.19. The molecule has 2 aromatic heterocycles. The number of aromatic nitrogens is 3. The van der Waals surface area contributed by atoms with Gasteiger partial charge < -0.3 is 5.32 Å². The molecule has 0 saturated carbocycles. The molecule has 3 rings (SSSR count). The van der Waals surface area contributed by atoms with Crippen molar-refractivity contribution in [1.29, 1.82) is 0 Å². The number of carbonyl (C=O) groups is 1. The van der Waals surface area contributed by atoms with Crippen molar-refractivity contribution in [3.8, 4) is 0 Å². The van der Waals surface area contributed by atoms with Gasteiger partial charge in [0.1, 0.15) is 0 Å². The predicted octanol–water partition coefficient (Wildman–Crippen LogP) is 2.19. The van der Waals surface area contributed by atoms with Crippen molar-refractivity contribution in [2.45, 2.75) is 11.6 Å². The average Bonchev–Trinajstić information content (AvgIpc) is 3.13. The SMILES string of the molecule is O=C(NCc1ccncc1)c1cn[nH]c1S(=O)(=O)Nc1ccc(Cl)cc1. The van der Waals surface area contributed by atoms with Crippen LogP contribution in [0.4, 0.5) is 5.69 Å². The summed E-state index contributed by atoms with van der Waals surface area (Å²) in [5.74, 6) is -0.563. The molecule has 0 aliphatic rings. The molecule has 3 aromatic rings. The zero-order valence-electron chi connectivity index (χ0n) is 13.3. The van der Waals surface area contributed by atoms with Crippen LogP contribution in [0.5, 0.6) is 0 Å². The largest absolute Gasteiger partial charge is 0.348 e. The van der Waals surface area contributed by atoms with Crippen LogP contribution in [0.2, 0.25) is 5.02 Å². The number of anilines is 1. The van der Waals surface area contributed by atoms with Crippen LogP contribution in [0.1, 0.15) is 15.9 Å². The molecule has 3 N–H and O–H groups in total. The fourth-order valence-corrected chi connectivity index (χ4v) is 3.43. The highest BCUT2D eigenvalue weighted by atomic mass is 35.5. The van der Waals surface area contributed by atoms with Crippen LogP contribution < -0.4 is 10.0 Å². The van der Waals surface area contributed by atoms with Gasteiger partial charge in [-0.25, -0.2) is 0 Å². The van der Waals surface area contributed by atoms with Gasteiger partial charge in [0.25, 0.3) is 15.9 Å². The maximum atomic E-state index is 12.5. The molecule has 0 unspecified atom stereocenters. The highest BCUT2D eigenvalue weighted by Crippen LogP contribution is 2.19. The number of rotatable bonds is 6. The first-order valence-electron chi connectivity index (χ1n) is 7.44. The Labute approximate surface area is 154 Å². The van der Waals surface area contributed by atoms with Crippen LogP contribution in [0.3, 0.4) is 0 Å². The minimum atomic E-state index is -4.02. The fourth-order valence-electron chi connectivity index (χ4n) is 2.14. The molecule has 134 valence electrons. The summed E-state index contributed by atoms with van der Waals surface area (Å²) in [6.45, 7) is 0.233. The molecule has 0 radical (unpaired) electrons. The van der Waals surface area contributed by atoms with Crippen molar-refractivity contribution in [1.82, 2.24) is 20.5 Å². The van der Waals surface area contributed by atoms with Crippen molar-refractivity contribution in [3.63, 3.8) is 0 Å². The molecule has 0 aliphatic carbocycles. The summed E-state index contributed by atoms with van der Waals surface area (Å²) in [6.07, 6.45) is 4.37. The minimum Gasteiger partial charge on any atom is -0.348 e. The monoisotopic (exact) mass is 391 g/mol. The van der Waals surface area contributed by atoms with Crippen LogP contribution in [0, 0.1) is 0 Å². The molecule has 8 nitrogen and oxygen atoms in total. The third-order valence-corrected chi connectivity index (χ3v) is 5.02. The molecule has 0 fully saturated rings. The molecular weight excluding hydrogens is 378 g/mol.